The Hall–Kier alpha value is -1.55. The lowest BCUT2D eigenvalue weighted by Gasteiger charge is -2.10. The minimum absolute atomic E-state index is 0.123. The molecule has 1 amide bonds. The van der Waals surface area contributed by atoms with Crippen LogP contribution in [-0.2, 0) is 6.54 Å². The number of carbonyl (C=O) groups excluding carboxylic acids is 1. The summed E-state index contributed by atoms with van der Waals surface area (Å²) in [5, 5.41) is 2.60. The Morgan fingerprint density at radius 1 is 1.56 bits per heavy atom. The molecule has 4 heteroatoms. The summed E-state index contributed by atoms with van der Waals surface area (Å²) in [7, 11) is 1.61. The Labute approximate surface area is 94.8 Å². The van der Waals surface area contributed by atoms with E-state index in [0.29, 0.717) is 18.2 Å². The standard InChI is InChI=1S/C12H16N2O2/c1-14-12(15)11-6-10(16-9-4-5-9)3-2-8(11)7-13/h2-3,6,9H,4-5,7,13H2,1H3,(H,14,15). The highest BCUT2D eigenvalue weighted by atomic mass is 16.5. The van der Waals surface area contributed by atoms with Crippen LogP contribution in [0.4, 0.5) is 0 Å². The molecule has 1 saturated carbocycles. The molecule has 86 valence electrons. The number of hydrogen-bond donors (Lipinski definition) is 2. The van der Waals surface area contributed by atoms with Crippen molar-refractivity contribution in [2.45, 2.75) is 25.5 Å². The highest BCUT2D eigenvalue weighted by Gasteiger charge is 2.24. The molecule has 3 N–H and O–H groups in total. The predicted octanol–water partition coefficient (Wildman–Crippen LogP) is 1.05. The van der Waals surface area contributed by atoms with Crippen LogP contribution in [0.1, 0.15) is 28.8 Å². The fourth-order valence-corrected chi connectivity index (χ4v) is 1.53. The molecule has 0 radical (unpaired) electrons. The Kier molecular flexibility index (Phi) is 3.10. The SMILES string of the molecule is CNC(=O)c1cc(OC2CC2)ccc1CN. The van der Waals surface area contributed by atoms with Crippen LogP contribution in [0, 0.1) is 0 Å². The third-order valence-corrected chi connectivity index (χ3v) is 2.60. The van der Waals surface area contributed by atoms with Crippen molar-refractivity contribution in [3.63, 3.8) is 0 Å². The molecule has 0 unspecified atom stereocenters. The summed E-state index contributed by atoms with van der Waals surface area (Å²) in [6.07, 6.45) is 2.54. The van der Waals surface area contributed by atoms with Crippen molar-refractivity contribution in [2.24, 2.45) is 5.73 Å². The van der Waals surface area contributed by atoms with Gasteiger partial charge in [-0.25, -0.2) is 0 Å². The van der Waals surface area contributed by atoms with Crippen LogP contribution in [0.5, 0.6) is 5.75 Å². The van der Waals surface area contributed by atoms with Crippen molar-refractivity contribution in [2.75, 3.05) is 7.05 Å². The van der Waals surface area contributed by atoms with Crippen molar-refractivity contribution in [1.82, 2.24) is 5.32 Å². The van der Waals surface area contributed by atoms with Gasteiger partial charge in [-0.1, -0.05) is 6.07 Å². The van der Waals surface area contributed by atoms with E-state index in [-0.39, 0.29) is 5.91 Å². The van der Waals surface area contributed by atoms with Gasteiger partial charge in [-0.3, -0.25) is 4.79 Å². The van der Waals surface area contributed by atoms with E-state index < -0.39 is 0 Å². The number of benzene rings is 1. The second kappa shape index (κ2) is 4.53. The Morgan fingerprint density at radius 2 is 2.31 bits per heavy atom. The van der Waals surface area contributed by atoms with Crippen molar-refractivity contribution >= 4 is 5.91 Å². The third kappa shape index (κ3) is 2.33. The van der Waals surface area contributed by atoms with Gasteiger partial charge in [0.15, 0.2) is 0 Å². The van der Waals surface area contributed by atoms with E-state index in [1.807, 2.05) is 12.1 Å². The first kappa shape index (κ1) is 11.0. The number of nitrogens with one attached hydrogen (secondary N) is 1. The molecule has 16 heavy (non-hydrogen) atoms. The maximum atomic E-state index is 11.6. The molecular weight excluding hydrogens is 204 g/mol. The van der Waals surface area contributed by atoms with E-state index in [9.17, 15) is 4.79 Å². The summed E-state index contributed by atoms with van der Waals surface area (Å²) in [6, 6.07) is 5.48. The topological polar surface area (TPSA) is 64.3 Å². The minimum Gasteiger partial charge on any atom is -0.490 e. The van der Waals surface area contributed by atoms with Gasteiger partial charge < -0.3 is 15.8 Å². The zero-order chi connectivity index (χ0) is 11.5. The molecule has 1 aromatic carbocycles. The zero-order valence-corrected chi connectivity index (χ0v) is 9.32. The lowest BCUT2D eigenvalue weighted by Crippen LogP contribution is -2.20. The lowest BCUT2D eigenvalue weighted by molar-refractivity contribution is 0.0961. The molecule has 1 aliphatic carbocycles. The summed E-state index contributed by atoms with van der Waals surface area (Å²) in [5.74, 6) is 0.625. The highest BCUT2D eigenvalue weighted by Crippen LogP contribution is 2.28. The first-order valence-corrected chi connectivity index (χ1v) is 5.46. The van der Waals surface area contributed by atoms with Crippen LogP contribution in [0.15, 0.2) is 18.2 Å². The van der Waals surface area contributed by atoms with Gasteiger partial charge in [0.25, 0.3) is 5.91 Å². The lowest BCUT2D eigenvalue weighted by atomic mass is 10.1. The molecule has 0 aromatic heterocycles. The largest absolute Gasteiger partial charge is 0.490 e. The molecule has 0 heterocycles. The van der Waals surface area contributed by atoms with E-state index in [1.165, 1.54) is 0 Å². The van der Waals surface area contributed by atoms with Crippen molar-refractivity contribution in [3.05, 3.63) is 29.3 Å². The molecule has 0 saturated heterocycles. The summed E-state index contributed by atoms with van der Waals surface area (Å²) >= 11 is 0. The van der Waals surface area contributed by atoms with Gasteiger partial charge in [-0.05, 0) is 30.5 Å². The van der Waals surface area contributed by atoms with E-state index in [4.69, 9.17) is 10.5 Å². The van der Waals surface area contributed by atoms with E-state index in [1.54, 1.807) is 13.1 Å². The van der Waals surface area contributed by atoms with Crippen LogP contribution < -0.4 is 15.8 Å². The molecule has 0 atom stereocenters. The second-order valence-corrected chi connectivity index (χ2v) is 3.92. The van der Waals surface area contributed by atoms with Gasteiger partial charge in [-0.15, -0.1) is 0 Å². The van der Waals surface area contributed by atoms with Crippen LogP contribution >= 0.6 is 0 Å². The maximum absolute atomic E-state index is 11.6. The summed E-state index contributed by atoms with van der Waals surface area (Å²) < 4.78 is 5.64. The number of rotatable bonds is 4. The van der Waals surface area contributed by atoms with Gasteiger partial charge in [-0.2, -0.15) is 0 Å². The van der Waals surface area contributed by atoms with Gasteiger partial charge in [0.2, 0.25) is 0 Å². The Balaban J connectivity index is 2.25. The molecule has 1 aromatic rings. The van der Waals surface area contributed by atoms with Gasteiger partial charge in [0, 0.05) is 19.2 Å². The first-order valence-electron chi connectivity index (χ1n) is 5.46. The Morgan fingerprint density at radius 3 is 2.88 bits per heavy atom. The second-order valence-electron chi connectivity index (χ2n) is 3.92. The molecule has 0 spiro atoms. The average molecular weight is 220 g/mol. The van der Waals surface area contributed by atoms with E-state index in [2.05, 4.69) is 5.32 Å². The van der Waals surface area contributed by atoms with Crippen LogP contribution in [0.3, 0.4) is 0 Å². The van der Waals surface area contributed by atoms with E-state index in [0.717, 1.165) is 24.2 Å². The molecule has 0 aliphatic heterocycles. The molecule has 1 aliphatic rings. The zero-order valence-electron chi connectivity index (χ0n) is 9.32. The number of amides is 1. The van der Waals surface area contributed by atoms with Gasteiger partial charge in [0.1, 0.15) is 5.75 Å². The van der Waals surface area contributed by atoms with Crippen molar-refractivity contribution in [1.29, 1.82) is 0 Å². The van der Waals surface area contributed by atoms with Crippen LogP contribution in [-0.4, -0.2) is 19.1 Å². The van der Waals surface area contributed by atoms with Crippen LogP contribution in [0.2, 0.25) is 0 Å². The van der Waals surface area contributed by atoms with E-state index >= 15 is 0 Å². The minimum atomic E-state index is -0.123. The van der Waals surface area contributed by atoms with Crippen molar-refractivity contribution in [3.8, 4) is 5.75 Å². The normalized spacial score (nSPS) is 14.6. The summed E-state index contributed by atoms with van der Waals surface area (Å²) in [6.45, 7) is 0.354. The molecule has 4 nitrogen and oxygen atoms in total. The molecule has 2 rings (SSSR count). The third-order valence-electron chi connectivity index (χ3n) is 2.60. The first-order chi connectivity index (χ1) is 7.74. The highest BCUT2D eigenvalue weighted by molar-refractivity contribution is 5.95. The average Bonchev–Trinajstić information content (AvgIpc) is 3.12. The monoisotopic (exact) mass is 220 g/mol. The predicted molar refractivity (Wildman–Crippen MR) is 61.4 cm³/mol. The maximum Gasteiger partial charge on any atom is 0.251 e. The molecular formula is C12H16N2O2. The fraction of sp³-hybridized carbons (Fsp3) is 0.417. The molecule has 1 fully saturated rings. The van der Waals surface area contributed by atoms with Crippen molar-refractivity contribution < 1.29 is 9.53 Å². The number of hydrogen-bond acceptors (Lipinski definition) is 3. The fourth-order valence-electron chi connectivity index (χ4n) is 1.53. The van der Waals surface area contributed by atoms with Crippen LogP contribution in [0.25, 0.3) is 0 Å². The number of ether oxygens (including phenoxy) is 1. The summed E-state index contributed by atoms with van der Waals surface area (Å²) in [4.78, 5) is 11.6. The number of carbonyl (C=O) groups is 1. The number of nitrogens with two attached hydrogens (primary N) is 1. The smallest absolute Gasteiger partial charge is 0.251 e. The summed E-state index contributed by atoms with van der Waals surface area (Å²) in [5.41, 5.74) is 7.02. The Bertz CT molecular complexity index is 400. The quantitative estimate of drug-likeness (QED) is 0.797. The van der Waals surface area contributed by atoms with Gasteiger partial charge in [0.05, 0.1) is 6.10 Å². The van der Waals surface area contributed by atoms with Gasteiger partial charge >= 0.3 is 0 Å². The molecule has 0 bridgehead atoms.